The van der Waals surface area contributed by atoms with E-state index in [1.807, 2.05) is 48.0 Å². The van der Waals surface area contributed by atoms with Crippen LogP contribution in [0.1, 0.15) is 23.7 Å². The van der Waals surface area contributed by atoms with Gasteiger partial charge in [0.1, 0.15) is 36.0 Å². The first-order chi connectivity index (χ1) is 12.6. The van der Waals surface area contributed by atoms with Gasteiger partial charge in [0.25, 0.3) is 0 Å². The summed E-state index contributed by atoms with van der Waals surface area (Å²) in [6.45, 7) is 2.27. The average Bonchev–Trinajstić information content (AvgIpc) is 3.20. The lowest BCUT2D eigenvalue weighted by Gasteiger charge is -2.20. The molecule has 0 spiro atoms. The molecule has 2 heterocycles. The Balaban J connectivity index is 1.62. The molecule has 7 nitrogen and oxygen atoms in total. The second kappa shape index (κ2) is 6.68. The maximum Gasteiger partial charge on any atom is 0.143 e. The third kappa shape index (κ3) is 2.74. The maximum atomic E-state index is 10.6. The van der Waals surface area contributed by atoms with Crippen LogP contribution in [0.15, 0.2) is 42.9 Å². The van der Waals surface area contributed by atoms with Crippen molar-refractivity contribution in [1.82, 2.24) is 14.5 Å². The van der Waals surface area contributed by atoms with E-state index in [-0.39, 0.29) is 6.04 Å². The molecule has 0 aliphatic heterocycles. The Morgan fingerprint density at radius 2 is 2.00 bits per heavy atom. The van der Waals surface area contributed by atoms with Crippen LogP contribution in [0.3, 0.4) is 0 Å². The zero-order valence-electron chi connectivity index (χ0n) is 14.5. The highest BCUT2D eigenvalue weighted by Crippen LogP contribution is 2.36. The van der Waals surface area contributed by atoms with Crippen molar-refractivity contribution in [2.75, 3.05) is 0 Å². The van der Waals surface area contributed by atoms with E-state index in [0.29, 0.717) is 18.7 Å². The van der Waals surface area contributed by atoms with Crippen molar-refractivity contribution >= 4 is 11.0 Å². The second-order valence-electron chi connectivity index (χ2n) is 6.67. The average molecular weight is 354 g/mol. The van der Waals surface area contributed by atoms with Crippen LogP contribution in [0.25, 0.3) is 11.0 Å². The number of benzene rings is 1. The number of rotatable bonds is 4. The predicted molar refractivity (Wildman–Crippen MR) is 96.7 cm³/mol. The lowest BCUT2D eigenvalue weighted by Crippen LogP contribution is -2.34. The molecule has 1 aliphatic carbocycles. The van der Waals surface area contributed by atoms with Crippen molar-refractivity contribution in [2.45, 2.75) is 44.2 Å². The van der Waals surface area contributed by atoms with E-state index < -0.39 is 18.3 Å². The molecule has 0 bridgehead atoms. The lowest BCUT2D eigenvalue weighted by atomic mass is 10.2. The highest BCUT2D eigenvalue weighted by molar-refractivity contribution is 5.78. The summed E-state index contributed by atoms with van der Waals surface area (Å²) in [4.78, 5) is 8.54. The van der Waals surface area contributed by atoms with Gasteiger partial charge in [0.2, 0.25) is 0 Å². The quantitative estimate of drug-likeness (QED) is 0.652. The van der Waals surface area contributed by atoms with E-state index >= 15 is 0 Å². The molecule has 0 saturated heterocycles. The number of aliphatic hydroxyl groups excluding tert-OH is 2. The SMILES string of the molecule is Cc1ncnc2c1ccn2C1C[C@@H](Oc2ccccc2CN)C(O)C1O. The molecule has 136 valence electrons. The smallest absolute Gasteiger partial charge is 0.143 e. The summed E-state index contributed by atoms with van der Waals surface area (Å²) >= 11 is 0. The Bertz CT molecular complexity index is 926. The van der Waals surface area contributed by atoms with Crippen molar-refractivity contribution in [3.63, 3.8) is 0 Å². The first kappa shape index (κ1) is 17.0. The minimum atomic E-state index is -0.994. The summed E-state index contributed by atoms with van der Waals surface area (Å²) in [5.41, 5.74) is 8.25. The molecule has 1 saturated carbocycles. The molecular weight excluding hydrogens is 332 g/mol. The number of hydrogen-bond donors (Lipinski definition) is 3. The highest BCUT2D eigenvalue weighted by Gasteiger charge is 2.44. The normalized spacial score (nSPS) is 25.7. The Labute approximate surface area is 151 Å². The van der Waals surface area contributed by atoms with Crippen LogP contribution in [0.5, 0.6) is 5.75 Å². The molecule has 4 N–H and O–H groups in total. The van der Waals surface area contributed by atoms with E-state index in [9.17, 15) is 10.2 Å². The third-order valence-corrected chi connectivity index (χ3v) is 5.14. The van der Waals surface area contributed by atoms with E-state index in [1.165, 1.54) is 6.33 Å². The molecule has 4 rings (SSSR count). The molecule has 0 amide bonds. The zero-order valence-corrected chi connectivity index (χ0v) is 14.5. The number of fused-ring (bicyclic) bond motifs is 1. The largest absolute Gasteiger partial charge is 0.487 e. The summed E-state index contributed by atoms with van der Waals surface area (Å²) < 4.78 is 7.91. The van der Waals surface area contributed by atoms with Gasteiger partial charge in [0.05, 0.1) is 11.7 Å². The standard InChI is InChI=1S/C19H22N4O3/c1-11-13-6-7-23(19(13)22-10-21-11)14-8-16(18(25)17(14)24)26-15-5-3-2-4-12(15)9-20/h2-7,10,14,16-18,24-25H,8-9,20H2,1H3/t14?,16-,17?,18?/m1/s1. The Morgan fingerprint density at radius 1 is 1.19 bits per heavy atom. The number of aryl methyl sites for hydroxylation is 1. The summed E-state index contributed by atoms with van der Waals surface area (Å²) in [6.07, 6.45) is 1.39. The van der Waals surface area contributed by atoms with Crippen molar-refractivity contribution in [2.24, 2.45) is 5.73 Å². The highest BCUT2D eigenvalue weighted by atomic mass is 16.5. The molecule has 1 fully saturated rings. The molecule has 26 heavy (non-hydrogen) atoms. The molecule has 3 unspecified atom stereocenters. The fraction of sp³-hybridized carbons (Fsp3) is 0.368. The fourth-order valence-electron chi connectivity index (χ4n) is 3.68. The van der Waals surface area contributed by atoms with Gasteiger partial charge in [-0.3, -0.25) is 0 Å². The van der Waals surface area contributed by atoms with Crippen LogP contribution in [0.2, 0.25) is 0 Å². The van der Waals surface area contributed by atoms with E-state index in [0.717, 1.165) is 22.3 Å². The van der Waals surface area contributed by atoms with Crippen molar-refractivity contribution in [3.05, 3.63) is 54.1 Å². The third-order valence-electron chi connectivity index (χ3n) is 5.14. The number of nitrogens with zero attached hydrogens (tertiary/aromatic N) is 3. The molecule has 4 atom stereocenters. The summed E-state index contributed by atoms with van der Waals surface area (Å²) in [5.74, 6) is 0.641. The van der Waals surface area contributed by atoms with E-state index in [2.05, 4.69) is 9.97 Å². The monoisotopic (exact) mass is 354 g/mol. The van der Waals surface area contributed by atoms with Gasteiger partial charge >= 0.3 is 0 Å². The minimum Gasteiger partial charge on any atom is -0.487 e. The molecule has 1 aromatic carbocycles. The first-order valence-electron chi connectivity index (χ1n) is 8.69. The summed E-state index contributed by atoms with van der Waals surface area (Å²) in [6, 6.07) is 9.09. The van der Waals surface area contributed by atoms with Crippen molar-refractivity contribution < 1.29 is 14.9 Å². The van der Waals surface area contributed by atoms with Gasteiger partial charge in [-0.15, -0.1) is 0 Å². The van der Waals surface area contributed by atoms with Gasteiger partial charge < -0.3 is 25.3 Å². The summed E-state index contributed by atoms with van der Waals surface area (Å²) in [7, 11) is 0. The van der Waals surface area contributed by atoms with Crippen LogP contribution in [-0.2, 0) is 6.54 Å². The van der Waals surface area contributed by atoms with Gasteiger partial charge in [0, 0.05) is 30.1 Å². The molecule has 3 aromatic rings. The number of aromatic nitrogens is 3. The van der Waals surface area contributed by atoms with Crippen LogP contribution in [-0.4, -0.2) is 43.1 Å². The maximum absolute atomic E-state index is 10.6. The van der Waals surface area contributed by atoms with E-state index in [4.69, 9.17) is 10.5 Å². The molecular formula is C19H22N4O3. The van der Waals surface area contributed by atoms with Crippen LogP contribution < -0.4 is 10.5 Å². The Kier molecular flexibility index (Phi) is 4.36. The summed E-state index contributed by atoms with van der Waals surface area (Å²) in [5, 5.41) is 22.1. The molecule has 0 radical (unpaired) electrons. The predicted octanol–water partition coefficient (Wildman–Crippen LogP) is 1.31. The molecule has 1 aliphatic rings. The van der Waals surface area contributed by atoms with Gasteiger partial charge in [0.15, 0.2) is 0 Å². The van der Waals surface area contributed by atoms with Crippen molar-refractivity contribution in [3.8, 4) is 5.75 Å². The lowest BCUT2D eigenvalue weighted by molar-refractivity contribution is -0.0165. The van der Waals surface area contributed by atoms with Crippen molar-refractivity contribution in [1.29, 1.82) is 0 Å². The number of ether oxygens (including phenoxy) is 1. The van der Waals surface area contributed by atoms with Gasteiger partial charge in [-0.1, -0.05) is 18.2 Å². The Morgan fingerprint density at radius 3 is 2.81 bits per heavy atom. The van der Waals surface area contributed by atoms with Crippen LogP contribution in [0, 0.1) is 6.92 Å². The van der Waals surface area contributed by atoms with Crippen LogP contribution in [0.4, 0.5) is 0 Å². The zero-order chi connectivity index (χ0) is 18.3. The van der Waals surface area contributed by atoms with Gasteiger partial charge in [-0.05, 0) is 19.1 Å². The minimum absolute atomic E-state index is 0.327. The number of para-hydroxylation sites is 1. The molecule has 7 heteroatoms. The Hall–Kier alpha value is -2.48. The van der Waals surface area contributed by atoms with Gasteiger partial charge in [-0.25, -0.2) is 9.97 Å². The van der Waals surface area contributed by atoms with Crippen LogP contribution >= 0.6 is 0 Å². The number of hydrogen-bond acceptors (Lipinski definition) is 6. The first-order valence-corrected chi connectivity index (χ1v) is 8.69. The topological polar surface area (TPSA) is 106 Å². The molecule has 2 aromatic heterocycles. The van der Waals surface area contributed by atoms with E-state index in [1.54, 1.807) is 0 Å². The number of nitrogens with two attached hydrogens (primary N) is 1. The fourth-order valence-corrected chi connectivity index (χ4v) is 3.68. The second-order valence-corrected chi connectivity index (χ2v) is 6.67. The van der Waals surface area contributed by atoms with Gasteiger partial charge in [-0.2, -0.15) is 0 Å². The number of aliphatic hydroxyl groups is 2.